The van der Waals surface area contributed by atoms with Gasteiger partial charge in [-0.25, -0.2) is 4.98 Å². The van der Waals surface area contributed by atoms with Gasteiger partial charge in [0.1, 0.15) is 5.82 Å². The van der Waals surface area contributed by atoms with Crippen LogP contribution >= 0.6 is 0 Å². The maximum Gasteiger partial charge on any atom is 0.310 e. The quantitative estimate of drug-likeness (QED) is 0.834. The van der Waals surface area contributed by atoms with Crippen molar-refractivity contribution in [2.45, 2.75) is 39.2 Å². The highest BCUT2D eigenvalue weighted by atomic mass is 16.4. The smallest absolute Gasteiger partial charge is 0.310 e. The van der Waals surface area contributed by atoms with Crippen LogP contribution in [0.1, 0.15) is 38.4 Å². The van der Waals surface area contributed by atoms with Crippen LogP contribution < -0.4 is 5.56 Å². The summed E-state index contributed by atoms with van der Waals surface area (Å²) in [4.78, 5) is 44.8. The molecule has 0 atom stereocenters. The number of carboxylic acid groups (broad SMARTS) is 1. The lowest BCUT2D eigenvalue weighted by Gasteiger charge is -2.38. The van der Waals surface area contributed by atoms with Gasteiger partial charge in [-0.05, 0) is 31.9 Å². The Morgan fingerprint density at radius 1 is 1.32 bits per heavy atom. The highest BCUT2D eigenvalue weighted by Crippen LogP contribution is 2.44. The van der Waals surface area contributed by atoms with Crippen molar-refractivity contribution in [3.8, 4) is 0 Å². The number of nitrogens with zero attached hydrogens (tertiary/aromatic N) is 2. The minimum Gasteiger partial charge on any atom is -0.481 e. The maximum absolute atomic E-state index is 12.6. The number of hydrogen-bond donors (Lipinski definition) is 2. The molecule has 1 fully saturated rings. The number of hydrogen-bond acceptors (Lipinski definition) is 4. The summed E-state index contributed by atoms with van der Waals surface area (Å²) in [6.45, 7) is 2.40. The van der Waals surface area contributed by atoms with Crippen molar-refractivity contribution in [1.29, 1.82) is 0 Å². The van der Waals surface area contributed by atoms with Gasteiger partial charge in [-0.3, -0.25) is 14.4 Å². The van der Waals surface area contributed by atoms with E-state index in [0.717, 1.165) is 6.42 Å². The lowest BCUT2D eigenvalue weighted by molar-refractivity contribution is -0.159. The van der Waals surface area contributed by atoms with Gasteiger partial charge in [-0.1, -0.05) is 18.6 Å². The highest BCUT2D eigenvalue weighted by Gasteiger charge is 2.46. The van der Waals surface area contributed by atoms with Gasteiger partial charge in [0.2, 0.25) is 5.91 Å². The summed E-state index contributed by atoms with van der Waals surface area (Å²) in [6.07, 6.45) is 1.91. The van der Waals surface area contributed by atoms with Crippen LogP contribution in [-0.2, 0) is 16.1 Å². The molecular formula is C18H21N3O4. The zero-order chi connectivity index (χ0) is 18.0. The Labute approximate surface area is 144 Å². The molecule has 7 nitrogen and oxygen atoms in total. The molecule has 1 amide bonds. The van der Waals surface area contributed by atoms with E-state index in [2.05, 4.69) is 9.97 Å². The van der Waals surface area contributed by atoms with Crippen LogP contribution in [0.5, 0.6) is 0 Å². The first-order valence-corrected chi connectivity index (χ1v) is 8.44. The molecule has 0 radical (unpaired) electrons. The molecule has 0 unspecified atom stereocenters. The number of aromatic amines is 1. The van der Waals surface area contributed by atoms with Crippen molar-refractivity contribution in [1.82, 2.24) is 14.9 Å². The number of aliphatic carboxylic acids is 1. The largest absolute Gasteiger partial charge is 0.481 e. The number of benzene rings is 1. The minimum absolute atomic E-state index is 0.00597. The first-order chi connectivity index (χ1) is 11.9. The molecule has 1 heterocycles. The molecule has 132 valence electrons. The Morgan fingerprint density at radius 2 is 2.04 bits per heavy atom. The predicted molar refractivity (Wildman–Crippen MR) is 92.0 cm³/mol. The number of H-pyrrole nitrogens is 1. The summed E-state index contributed by atoms with van der Waals surface area (Å²) in [5.41, 5.74) is -0.592. The lowest BCUT2D eigenvalue weighted by Crippen LogP contribution is -2.43. The van der Waals surface area contributed by atoms with Gasteiger partial charge >= 0.3 is 5.97 Å². The molecule has 0 spiro atoms. The zero-order valence-electron chi connectivity index (χ0n) is 14.1. The number of carbonyl (C=O) groups excluding carboxylic acids is 1. The highest BCUT2D eigenvalue weighted by molar-refractivity contribution is 5.85. The molecule has 7 heteroatoms. The van der Waals surface area contributed by atoms with E-state index in [9.17, 15) is 19.5 Å². The summed E-state index contributed by atoms with van der Waals surface area (Å²) < 4.78 is 0. The minimum atomic E-state index is -0.922. The molecule has 0 saturated heterocycles. The molecule has 0 bridgehead atoms. The van der Waals surface area contributed by atoms with E-state index in [-0.39, 0.29) is 24.4 Å². The van der Waals surface area contributed by atoms with E-state index >= 15 is 0 Å². The maximum atomic E-state index is 12.6. The van der Waals surface area contributed by atoms with Crippen molar-refractivity contribution < 1.29 is 14.7 Å². The molecule has 25 heavy (non-hydrogen) atoms. The van der Waals surface area contributed by atoms with Crippen molar-refractivity contribution in [3.63, 3.8) is 0 Å². The standard InChI is InChI=1S/C18H21N3O4/c1-2-21(15(22)10-18(17(24)25)8-5-9-18)11-14-19-13-7-4-3-6-12(13)16(23)20-14/h3-4,6-7H,2,5,8-11H2,1H3,(H,24,25)(H,19,20,23). The van der Waals surface area contributed by atoms with E-state index in [0.29, 0.717) is 36.1 Å². The van der Waals surface area contributed by atoms with Gasteiger partial charge in [0.05, 0.1) is 22.9 Å². The second-order valence-electron chi connectivity index (χ2n) is 6.55. The number of para-hydroxylation sites is 1. The Bertz CT molecular complexity index is 870. The normalized spacial score (nSPS) is 15.6. The molecule has 0 aliphatic heterocycles. The molecule has 1 aromatic carbocycles. The predicted octanol–water partition coefficient (Wildman–Crippen LogP) is 1.92. The SMILES string of the molecule is CCN(Cc1nc2ccccc2c(=O)[nH]1)C(=O)CC1(C(=O)O)CCC1. The number of aromatic nitrogens is 2. The number of rotatable bonds is 6. The van der Waals surface area contributed by atoms with Crippen LogP contribution in [0, 0.1) is 5.41 Å². The summed E-state index contributed by atoms with van der Waals surface area (Å²) in [5, 5.41) is 9.90. The van der Waals surface area contributed by atoms with Gasteiger partial charge in [0, 0.05) is 13.0 Å². The van der Waals surface area contributed by atoms with E-state index in [4.69, 9.17) is 0 Å². The first-order valence-electron chi connectivity index (χ1n) is 8.44. The van der Waals surface area contributed by atoms with Gasteiger partial charge in [0.25, 0.3) is 5.56 Å². The Hall–Kier alpha value is -2.70. The molecule has 1 aromatic heterocycles. The second-order valence-corrected chi connectivity index (χ2v) is 6.55. The van der Waals surface area contributed by atoms with Gasteiger partial charge in [-0.15, -0.1) is 0 Å². The zero-order valence-corrected chi connectivity index (χ0v) is 14.1. The third kappa shape index (κ3) is 3.26. The fourth-order valence-corrected chi connectivity index (χ4v) is 3.24. The van der Waals surface area contributed by atoms with E-state index < -0.39 is 11.4 Å². The molecule has 1 saturated carbocycles. The topological polar surface area (TPSA) is 103 Å². The van der Waals surface area contributed by atoms with E-state index in [1.54, 1.807) is 24.3 Å². The molecule has 1 aliphatic carbocycles. The van der Waals surface area contributed by atoms with Gasteiger partial charge in [-0.2, -0.15) is 0 Å². The monoisotopic (exact) mass is 343 g/mol. The van der Waals surface area contributed by atoms with Crippen molar-refractivity contribution in [2.75, 3.05) is 6.54 Å². The number of carboxylic acids is 1. The van der Waals surface area contributed by atoms with Gasteiger partial charge in [0.15, 0.2) is 0 Å². The number of carbonyl (C=O) groups is 2. The lowest BCUT2D eigenvalue weighted by atomic mass is 9.66. The van der Waals surface area contributed by atoms with Crippen molar-refractivity contribution in [3.05, 3.63) is 40.4 Å². The number of nitrogens with one attached hydrogen (secondary N) is 1. The van der Waals surface area contributed by atoms with Crippen LogP contribution in [0.3, 0.4) is 0 Å². The van der Waals surface area contributed by atoms with Crippen molar-refractivity contribution >= 4 is 22.8 Å². The Kier molecular flexibility index (Phi) is 4.57. The summed E-state index contributed by atoms with van der Waals surface area (Å²) in [7, 11) is 0. The van der Waals surface area contributed by atoms with Crippen LogP contribution in [0.25, 0.3) is 10.9 Å². The Balaban J connectivity index is 1.79. The number of fused-ring (bicyclic) bond motifs is 1. The molecule has 1 aliphatic rings. The molecule has 2 aromatic rings. The summed E-state index contributed by atoms with van der Waals surface area (Å²) in [5.74, 6) is -0.724. The second kappa shape index (κ2) is 6.66. The molecule has 3 rings (SSSR count). The number of amides is 1. The average molecular weight is 343 g/mol. The van der Waals surface area contributed by atoms with Crippen LogP contribution in [0.2, 0.25) is 0 Å². The Morgan fingerprint density at radius 3 is 2.64 bits per heavy atom. The van der Waals surface area contributed by atoms with Crippen LogP contribution in [0.4, 0.5) is 0 Å². The summed E-state index contributed by atoms with van der Waals surface area (Å²) in [6, 6.07) is 7.01. The third-order valence-corrected chi connectivity index (χ3v) is 4.99. The van der Waals surface area contributed by atoms with E-state index in [1.165, 1.54) is 4.90 Å². The first kappa shape index (κ1) is 17.1. The summed E-state index contributed by atoms with van der Waals surface area (Å²) >= 11 is 0. The fourth-order valence-electron chi connectivity index (χ4n) is 3.24. The molecule has 2 N–H and O–H groups in total. The third-order valence-electron chi connectivity index (χ3n) is 4.99. The average Bonchev–Trinajstić information content (AvgIpc) is 2.55. The van der Waals surface area contributed by atoms with Crippen LogP contribution in [-0.4, -0.2) is 38.4 Å². The van der Waals surface area contributed by atoms with Crippen LogP contribution in [0.15, 0.2) is 29.1 Å². The van der Waals surface area contributed by atoms with E-state index in [1.807, 2.05) is 6.92 Å². The molecular weight excluding hydrogens is 322 g/mol. The fraction of sp³-hybridized carbons (Fsp3) is 0.444. The van der Waals surface area contributed by atoms with Gasteiger partial charge < -0.3 is 15.0 Å². The van der Waals surface area contributed by atoms with Crippen molar-refractivity contribution in [2.24, 2.45) is 5.41 Å².